The molecular formula is C14H17NO3. The van der Waals surface area contributed by atoms with E-state index in [9.17, 15) is 9.90 Å². The highest BCUT2D eigenvalue weighted by Crippen LogP contribution is 2.39. The first-order chi connectivity index (χ1) is 8.74. The van der Waals surface area contributed by atoms with Gasteiger partial charge in [-0.05, 0) is 12.0 Å². The molecule has 1 saturated carbocycles. The monoisotopic (exact) mass is 247 g/mol. The Kier molecular flexibility index (Phi) is 2.96. The Morgan fingerprint density at radius 1 is 1.28 bits per heavy atom. The van der Waals surface area contributed by atoms with Crippen LogP contribution in [0.3, 0.4) is 0 Å². The molecule has 1 amide bonds. The Balaban J connectivity index is 1.51. The lowest BCUT2D eigenvalue weighted by molar-refractivity contribution is -0.102. The van der Waals surface area contributed by atoms with E-state index in [-0.39, 0.29) is 24.0 Å². The van der Waals surface area contributed by atoms with Crippen molar-refractivity contribution in [1.29, 1.82) is 0 Å². The Hall–Kier alpha value is -1.55. The van der Waals surface area contributed by atoms with Gasteiger partial charge in [-0.3, -0.25) is 0 Å². The number of hydrogen-bond acceptors (Lipinski definition) is 3. The van der Waals surface area contributed by atoms with Crippen molar-refractivity contribution in [2.75, 3.05) is 13.1 Å². The Labute approximate surface area is 106 Å². The van der Waals surface area contributed by atoms with Crippen LogP contribution in [0.15, 0.2) is 30.3 Å². The van der Waals surface area contributed by atoms with Gasteiger partial charge < -0.3 is 14.7 Å². The van der Waals surface area contributed by atoms with Crippen LogP contribution in [0, 0.1) is 11.8 Å². The molecular weight excluding hydrogens is 230 g/mol. The van der Waals surface area contributed by atoms with E-state index in [0.717, 1.165) is 12.0 Å². The number of rotatable bonds is 2. The van der Waals surface area contributed by atoms with Crippen LogP contribution < -0.4 is 0 Å². The SMILES string of the molecule is O=C(OCc1ccccc1)N1CC2CC(C1)C2O. The van der Waals surface area contributed by atoms with Gasteiger partial charge in [-0.2, -0.15) is 0 Å². The number of fused-ring (bicyclic) bond motifs is 2. The van der Waals surface area contributed by atoms with Crippen molar-refractivity contribution in [2.24, 2.45) is 11.8 Å². The highest BCUT2D eigenvalue weighted by atomic mass is 16.6. The number of amides is 1. The predicted octanol–water partition coefficient (Wildman–Crippen LogP) is 1.64. The van der Waals surface area contributed by atoms with Gasteiger partial charge in [0.1, 0.15) is 6.61 Å². The summed E-state index contributed by atoms with van der Waals surface area (Å²) < 4.78 is 5.28. The molecule has 0 radical (unpaired) electrons. The molecule has 0 spiro atoms. The zero-order valence-corrected chi connectivity index (χ0v) is 10.2. The van der Waals surface area contributed by atoms with E-state index in [4.69, 9.17) is 4.74 Å². The van der Waals surface area contributed by atoms with Crippen molar-refractivity contribution in [2.45, 2.75) is 19.1 Å². The average molecular weight is 247 g/mol. The number of aliphatic hydroxyl groups excluding tert-OH is 1. The van der Waals surface area contributed by atoms with Gasteiger partial charge >= 0.3 is 6.09 Å². The molecule has 1 aromatic rings. The first-order valence-electron chi connectivity index (χ1n) is 6.38. The van der Waals surface area contributed by atoms with E-state index < -0.39 is 0 Å². The first kappa shape index (κ1) is 11.5. The molecule has 3 fully saturated rings. The highest BCUT2D eigenvalue weighted by molar-refractivity contribution is 5.68. The maximum absolute atomic E-state index is 11.9. The highest BCUT2D eigenvalue weighted by Gasteiger charge is 2.47. The van der Waals surface area contributed by atoms with Gasteiger partial charge in [-0.15, -0.1) is 0 Å². The molecule has 0 aromatic heterocycles. The fourth-order valence-corrected chi connectivity index (χ4v) is 2.82. The summed E-state index contributed by atoms with van der Waals surface area (Å²) in [7, 11) is 0. The van der Waals surface area contributed by atoms with Crippen LogP contribution >= 0.6 is 0 Å². The second-order valence-corrected chi connectivity index (χ2v) is 5.19. The second-order valence-electron chi connectivity index (χ2n) is 5.19. The van der Waals surface area contributed by atoms with Crippen molar-refractivity contribution >= 4 is 6.09 Å². The Morgan fingerprint density at radius 2 is 1.94 bits per heavy atom. The van der Waals surface area contributed by atoms with Crippen LogP contribution in [0.4, 0.5) is 4.79 Å². The van der Waals surface area contributed by atoms with Crippen LogP contribution in [0.2, 0.25) is 0 Å². The smallest absolute Gasteiger partial charge is 0.410 e. The van der Waals surface area contributed by atoms with E-state index in [0.29, 0.717) is 19.7 Å². The van der Waals surface area contributed by atoms with Crippen LogP contribution in [-0.4, -0.2) is 35.3 Å². The normalized spacial score (nSPS) is 29.6. The van der Waals surface area contributed by atoms with Gasteiger partial charge in [-0.25, -0.2) is 4.79 Å². The van der Waals surface area contributed by atoms with E-state index in [2.05, 4.69) is 0 Å². The molecule has 96 valence electrons. The number of nitrogens with zero attached hydrogens (tertiary/aromatic N) is 1. The average Bonchev–Trinajstić information content (AvgIpc) is 2.45. The summed E-state index contributed by atoms with van der Waals surface area (Å²) in [6, 6.07) is 9.66. The maximum atomic E-state index is 11.9. The summed E-state index contributed by atoms with van der Waals surface area (Å²) in [4.78, 5) is 13.6. The number of benzene rings is 1. The molecule has 4 nitrogen and oxygen atoms in total. The Bertz CT molecular complexity index is 422. The summed E-state index contributed by atoms with van der Waals surface area (Å²) in [6.07, 6.45) is 0.576. The number of hydrogen-bond donors (Lipinski definition) is 1. The Morgan fingerprint density at radius 3 is 2.56 bits per heavy atom. The van der Waals surface area contributed by atoms with Crippen LogP contribution in [0.5, 0.6) is 0 Å². The first-order valence-corrected chi connectivity index (χ1v) is 6.38. The molecule has 2 aliphatic heterocycles. The third-order valence-corrected chi connectivity index (χ3v) is 3.94. The fraction of sp³-hybridized carbons (Fsp3) is 0.500. The summed E-state index contributed by atoms with van der Waals surface area (Å²) in [5.41, 5.74) is 0.994. The lowest BCUT2D eigenvalue weighted by Gasteiger charge is -2.50. The molecule has 3 aliphatic rings. The topological polar surface area (TPSA) is 49.8 Å². The van der Waals surface area contributed by atoms with Crippen molar-refractivity contribution in [3.63, 3.8) is 0 Å². The predicted molar refractivity (Wildman–Crippen MR) is 65.8 cm³/mol. The molecule has 2 atom stereocenters. The molecule has 1 N–H and O–H groups in total. The van der Waals surface area contributed by atoms with E-state index >= 15 is 0 Å². The molecule has 2 heterocycles. The van der Waals surface area contributed by atoms with Gasteiger partial charge in [0.05, 0.1) is 6.10 Å². The molecule has 2 unspecified atom stereocenters. The number of ether oxygens (including phenoxy) is 1. The van der Waals surface area contributed by atoms with Crippen molar-refractivity contribution in [3.8, 4) is 0 Å². The van der Waals surface area contributed by atoms with Gasteiger partial charge in [-0.1, -0.05) is 30.3 Å². The van der Waals surface area contributed by atoms with Gasteiger partial charge in [0, 0.05) is 24.9 Å². The van der Waals surface area contributed by atoms with Gasteiger partial charge in [0.2, 0.25) is 0 Å². The van der Waals surface area contributed by atoms with Gasteiger partial charge in [0.15, 0.2) is 0 Å². The maximum Gasteiger partial charge on any atom is 0.410 e. The van der Waals surface area contributed by atoms with Crippen molar-refractivity contribution in [3.05, 3.63) is 35.9 Å². The molecule has 18 heavy (non-hydrogen) atoms. The quantitative estimate of drug-likeness (QED) is 0.864. The molecule has 1 aromatic carbocycles. The van der Waals surface area contributed by atoms with Crippen molar-refractivity contribution in [1.82, 2.24) is 4.90 Å². The standard InChI is InChI=1S/C14H17NO3/c16-13-11-6-12(13)8-15(7-11)14(17)18-9-10-4-2-1-3-5-10/h1-5,11-13,16H,6-9H2. The van der Waals surface area contributed by atoms with Crippen molar-refractivity contribution < 1.29 is 14.6 Å². The number of carbonyl (C=O) groups is 1. The second kappa shape index (κ2) is 4.61. The summed E-state index contributed by atoms with van der Waals surface area (Å²) in [5.74, 6) is 0.515. The fourth-order valence-electron chi connectivity index (χ4n) is 2.82. The van der Waals surface area contributed by atoms with Crippen LogP contribution in [0.1, 0.15) is 12.0 Å². The zero-order valence-electron chi connectivity index (χ0n) is 10.2. The largest absolute Gasteiger partial charge is 0.445 e. The van der Waals surface area contributed by atoms with E-state index in [1.54, 1.807) is 4.90 Å². The third-order valence-electron chi connectivity index (χ3n) is 3.94. The molecule has 1 aliphatic carbocycles. The number of carbonyl (C=O) groups excluding carboxylic acids is 1. The lowest BCUT2D eigenvalue weighted by atomic mass is 9.68. The molecule has 2 bridgehead atoms. The molecule has 2 saturated heterocycles. The van der Waals surface area contributed by atoms with Crippen LogP contribution in [-0.2, 0) is 11.3 Å². The number of piperidine rings is 2. The summed E-state index contributed by atoms with van der Waals surface area (Å²) in [5, 5.41) is 9.66. The minimum absolute atomic E-state index is 0.205. The number of aliphatic hydroxyl groups is 1. The van der Waals surface area contributed by atoms with E-state index in [1.165, 1.54) is 0 Å². The van der Waals surface area contributed by atoms with Gasteiger partial charge in [0.25, 0.3) is 0 Å². The molecule has 4 heteroatoms. The lowest BCUT2D eigenvalue weighted by Crippen LogP contribution is -2.59. The van der Waals surface area contributed by atoms with Crippen LogP contribution in [0.25, 0.3) is 0 Å². The third kappa shape index (κ3) is 2.08. The molecule has 4 rings (SSSR count). The minimum Gasteiger partial charge on any atom is -0.445 e. The van der Waals surface area contributed by atoms with E-state index in [1.807, 2.05) is 30.3 Å². The summed E-state index contributed by atoms with van der Waals surface area (Å²) in [6.45, 7) is 1.57. The minimum atomic E-state index is -0.263. The zero-order chi connectivity index (χ0) is 12.5. The summed E-state index contributed by atoms with van der Waals surface area (Å²) >= 11 is 0.